The second-order valence-electron chi connectivity index (χ2n) is 5.55. The Kier molecular flexibility index (Phi) is 5.80. The second-order valence-corrected chi connectivity index (χ2v) is 5.96. The molecule has 0 bridgehead atoms. The Balaban J connectivity index is 1.37. The van der Waals surface area contributed by atoms with E-state index in [2.05, 4.69) is 5.32 Å². The predicted octanol–water partition coefficient (Wildman–Crippen LogP) is 2.51. The van der Waals surface area contributed by atoms with Crippen LogP contribution in [0.5, 0.6) is 17.2 Å². The van der Waals surface area contributed by atoms with E-state index in [-0.39, 0.29) is 12.7 Å². The van der Waals surface area contributed by atoms with E-state index in [1.165, 1.54) is 0 Å². The van der Waals surface area contributed by atoms with Crippen LogP contribution in [0.1, 0.15) is 0 Å². The number of hydrogen-bond acceptors (Lipinski definition) is 5. The van der Waals surface area contributed by atoms with Gasteiger partial charge in [0.05, 0.1) is 5.02 Å². The van der Waals surface area contributed by atoms with Gasteiger partial charge in [0.1, 0.15) is 31.2 Å². The van der Waals surface area contributed by atoms with Gasteiger partial charge in [-0.2, -0.15) is 0 Å². The molecule has 1 aliphatic rings. The summed E-state index contributed by atoms with van der Waals surface area (Å²) < 4.78 is 17.0. The van der Waals surface area contributed by atoms with Gasteiger partial charge < -0.3 is 24.6 Å². The van der Waals surface area contributed by atoms with Crippen molar-refractivity contribution in [2.45, 2.75) is 12.2 Å². The molecule has 1 heterocycles. The Bertz CT molecular complexity index is 667. The van der Waals surface area contributed by atoms with Crippen LogP contribution in [0.25, 0.3) is 0 Å². The molecule has 6 heteroatoms. The van der Waals surface area contributed by atoms with Crippen molar-refractivity contribution in [3.63, 3.8) is 0 Å². The average Bonchev–Trinajstić information content (AvgIpc) is 2.61. The van der Waals surface area contributed by atoms with E-state index in [1.54, 1.807) is 12.1 Å². The zero-order valence-electron chi connectivity index (χ0n) is 13.2. The molecule has 0 fully saturated rings. The fourth-order valence-electron chi connectivity index (χ4n) is 2.38. The molecule has 5 nitrogen and oxygen atoms in total. The van der Waals surface area contributed by atoms with Gasteiger partial charge in [0, 0.05) is 13.1 Å². The van der Waals surface area contributed by atoms with Crippen molar-refractivity contribution in [1.82, 2.24) is 5.32 Å². The Labute approximate surface area is 146 Å². The van der Waals surface area contributed by atoms with Crippen molar-refractivity contribution in [2.75, 3.05) is 26.3 Å². The predicted molar refractivity (Wildman–Crippen MR) is 92.2 cm³/mol. The monoisotopic (exact) mass is 349 g/mol. The zero-order valence-corrected chi connectivity index (χ0v) is 13.9. The maximum atomic E-state index is 9.99. The molecule has 0 spiro atoms. The second kappa shape index (κ2) is 8.24. The number of halogens is 1. The number of para-hydroxylation sites is 3. The Morgan fingerprint density at radius 2 is 1.92 bits per heavy atom. The summed E-state index contributed by atoms with van der Waals surface area (Å²) in [6.45, 7) is 1.63. The van der Waals surface area contributed by atoms with Gasteiger partial charge in [-0.3, -0.25) is 0 Å². The topological polar surface area (TPSA) is 60.0 Å². The van der Waals surface area contributed by atoms with Crippen LogP contribution in [0.4, 0.5) is 0 Å². The molecule has 2 aromatic rings. The van der Waals surface area contributed by atoms with Crippen LogP contribution in [0, 0.1) is 0 Å². The summed E-state index contributed by atoms with van der Waals surface area (Å²) >= 11 is 6.00. The molecule has 3 rings (SSSR count). The summed E-state index contributed by atoms with van der Waals surface area (Å²) in [5, 5.41) is 13.7. The highest BCUT2D eigenvalue weighted by Crippen LogP contribution is 2.30. The molecule has 1 aliphatic heterocycles. The Morgan fingerprint density at radius 3 is 2.75 bits per heavy atom. The minimum Gasteiger partial charge on any atom is -0.489 e. The van der Waals surface area contributed by atoms with Crippen LogP contribution in [0.2, 0.25) is 5.02 Å². The minimum atomic E-state index is -0.641. The van der Waals surface area contributed by atoms with Crippen LogP contribution in [-0.4, -0.2) is 43.6 Å². The highest BCUT2D eigenvalue weighted by Gasteiger charge is 2.20. The molecule has 0 amide bonds. The molecule has 0 aliphatic carbocycles. The average molecular weight is 350 g/mol. The molecule has 128 valence electrons. The first-order valence-corrected chi connectivity index (χ1v) is 8.25. The fourth-order valence-corrected chi connectivity index (χ4v) is 2.57. The van der Waals surface area contributed by atoms with E-state index in [0.717, 1.165) is 11.5 Å². The fraction of sp³-hybridized carbons (Fsp3) is 0.333. The number of aliphatic hydroxyl groups is 1. The number of benzene rings is 2. The van der Waals surface area contributed by atoms with Crippen molar-refractivity contribution < 1.29 is 19.3 Å². The van der Waals surface area contributed by atoms with Gasteiger partial charge in [-0.1, -0.05) is 35.9 Å². The van der Waals surface area contributed by atoms with Gasteiger partial charge in [0.15, 0.2) is 11.5 Å². The van der Waals surface area contributed by atoms with Gasteiger partial charge in [-0.05, 0) is 24.3 Å². The highest BCUT2D eigenvalue weighted by atomic mass is 35.5. The summed E-state index contributed by atoms with van der Waals surface area (Å²) in [4.78, 5) is 0. The molecule has 0 radical (unpaired) electrons. The molecule has 0 saturated carbocycles. The zero-order chi connectivity index (χ0) is 16.8. The van der Waals surface area contributed by atoms with E-state index in [0.29, 0.717) is 30.5 Å². The van der Waals surface area contributed by atoms with Crippen molar-refractivity contribution >= 4 is 11.6 Å². The first-order chi connectivity index (χ1) is 11.7. The van der Waals surface area contributed by atoms with Crippen molar-refractivity contribution in [3.05, 3.63) is 53.6 Å². The maximum Gasteiger partial charge on any atom is 0.161 e. The third-order valence-corrected chi connectivity index (χ3v) is 3.90. The molecule has 0 saturated heterocycles. The summed E-state index contributed by atoms with van der Waals surface area (Å²) in [6, 6.07) is 14.8. The number of aliphatic hydroxyl groups excluding tert-OH is 1. The summed E-state index contributed by atoms with van der Waals surface area (Å²) in [7, 11) is 0. The molecule has 2 unspecified atom stereocenters. The van der Waals surface area contributed by atoms with Crippen LogP contribution in [-0.2, 0) is 0 Å². The molecular weight excluding hydrogens is 330 g/mol. The van der Waals surface area contributed by atoms with E-state index in [4.69, 9.17) is 25.8 Å². The van der Waals surface area contributed by atoms with Crippen LogP contribution in [0.15, 0.2) is 48.5 Å². The van der Waals surface area contributed by atoms with Crippen molar-refractivity contribution in [3.8, 4) is 17.2 Å². The molecule has 0 aromatic heterocycles. The van der Waals surface area contributed by atoms with Gasteiger partial charge >= 0.3 is 0 Å². The normalized spacial score (nSPS) is 17.3. The summed E-state index contributed by atoms with van der Waals surface area (Å²) in [5.74, 6) is 2.08. The number of nitrogens with one attached hydrogen (secondary N) is 1. The Hall–Kier alpha value is -1.95. The van der Waals surface area contributed by atoms with Gasteiger partial charge in [0.2, 0.25) is 0 Å². The largest absolute Gasteiger partial charge is 0.489 e. The number of rotatable bonds is 7. The lowest BCUT2D eigenvalue weighted by Gasteiger charge is -2.27. The third kappa shape index (κ3) is 4.54. The lowest BCUT2D eigenvalue weighted by atomic mass is 10.2. The first kappa shape index (κ1) is 16.9. The lowest BCUT2D eigenvalue weighted by molar-refractivity contribution is 0.0778. The van der Waals surface area contributed by atoms with Crippen LogP contribution >= 0.6 is 11.6 Å². The lowest BCUT2D eigenvalue weighted by Crippen LogP contribution is -2.41. The van der Waals surface area contributed by atoms with Gasteiger partial charge in [-0.15, -0.1) is 0 Å². The standard InChI is InChI=1S/C18H20ClNO4/c19-15-5-1-2-6-16(15)22-11-13(21)9-20-10-14-12-23-17-7-3-4-8-18(17)24-14/h1-8,13-14,20-21H,9-12H2. The highest BCUT2D eigenvalue weighted by molar-refractivity contribution is 6.32. The van der Waals surface area contributed by atoms with Crippen molar-refractivity contribution in [1.29, 1.82) is 0 Å². The first-order valence-electron chi connectivity index (χ1n) is 7.87. The summed E-state index contributed by atoms with van der Waals surface area (Å²) in [5.41, 5.74) is 0. The van der Waals surface area contributed by atoms with Crippen LogP contribution in [0.3, 0.4) is 0 Å². The number of fused-ring (bicyclic) bond motifs is 1. The van der Waals surface area contributed by atoms with E-state index >= 15 is 0 Å². The Morgan fingerprint density at radius 1 is 1.17 bits per heavy atom. The smallest absolute Gasteiger partial charge is 0.161 e. The molecule has 2 atom stereocenters. The van der Waals surface area contributed by atoms with Crippen LogP contribution < -0.4 is 19.5 Å². The van der Waals surface area contributed by atoms with E-state index in [9.17, 15) is 5.11 Å². The van der Waals surface area contributed by atoms with Crippen molar-refractivity contribution in [2.24, 2.45) is 0 Å². The van der Waals surface area contributed by atoms with E-state index < -0.39 is 6.10 Å². The SMILES string of the molecule is OC(CNCC1COc2ccccc2O1)COc1ccccc1Cl. The minimum absolute atomic E-state index is 0.0865. The summed E-state index contributed by atoms with van der Waals surface area (Å²) in [6.07, 6.45) is -0.727. The van der Waals surface area contributed by atoms with E-state index in [1.807, 2.05) is 36.4 Å². The quantitative estimate of drug-likeness (QED) is 0.804. The van der Waals surface area contributed by atoms with Gasteiger partial charge in [0.25, 0.3) is 0 Å². The maximum absolute atomic E-state index is 9.99. The number of hydrogen-bond donors (Lipinski definition) is 2. The molecule has 2 N–H and O–H groups in total. The molecular formula is C18H20ClNO4. The third-order valence-electron chi connectivity index (χ3n) is 3.59. The van der Waals surface area contributed by atoms with Gasteiger partial charge in [-0.25, -0.2) is 0 Å². The molecule has 2 aromatic carbocycles. The number of ether oxygens (including phenoxy) is 3. The molecule has 24 heavy (non-hydrogen) atoms.